The lowest BCUT2D eigenvalue weighted by Crippen LogP contribution is -1.98. The van der Waals surface area contributed by atoms with Gasteiger partial charge in [0, 0.05) is 11.1 Å². The average Bonchev–Trinajstić information content (AvgIpc) is 2.61. The molecule has 0 radical (unpaired) electrons. The molecular weight excluding hydrogens is 282 g/mol. The summed E-state index contributed by atoms with van der Waals surface area (Å²) in [6.45, 7) is 4.16. The molecule has 1 aliphatic carbocycles. The second-order valence-corrected chi connectivity index (χ2v) is 5.54. The van der Waals surface area contributed by atoms with Crippen LogP contribution in [0.5, 0.6) is 5.75 Å². The Labute approximate surface area is 139 Å². The third-order valence-electron chi connectivity index (χ3n) is 3.87. The molecule has 1 aliphatic rings. The normalized spacial score (nSPS) is 14.7. The van der Waals surface area contributed by atoms with Crippen molar-refractivity contribution in [3.05, 3.63) is 65.3 Å². The van der Waals surface area contributed by atoms with Crippen LogP contribution in [0.4, 0.5) is 0 Å². The molecule has 0 aromatic heterocycles. The first-order chi connectivity index (χ1) is 11.2. The maximum absolute atomic E-state index is 9.38. The van der Waals surface area contributed by atoms with E-state index in [0.29, 0.717) is 5.56 Å². The number of nitriles is 1. The van der Waals surface area contributed by atoms with Crippen LogP contribution < -0.4 is 4.74 Å². The van der Waals surface area contributed by atoms with Crippen LogP contribution in [0.3, 0.4) is 0 Å². The molecule has 0 saturated heterocycles. The molecule has 0 fully saturated rings. The van der Waals surface area contributed by atoms with Gasteiger partial charge < -0.3 is 4.74 Å². The Morgan fingerprint density at radius 2 is 2.17 bits per heavy atom. The molecule has 0 aliphatic heterocycles. The highest BCUT2D eigenvalue weighted by Crippen LogP contribution is 2.37. The Balaban J connectivity index is 2.60. The fourth-order valence-electron chi connectivity index (χ4n) is 2.67. The summed E-state index contributed by atoms with van der Waals surface area (Å²) in [4.78, 5) is 0. The van der Waals surface area contributed by atoms with Gasteiger partial charge in [0.2, 0.25) is 0 Å². The zero-order valence-corrected chi connectivity index (χ0v) is 14.1. The van der Waals surface area contributed by atoms with Crippen LogP contribution in [0.25, 0.3) is 11.1 Å². The number of ether oxygens (including phenoxy) is 1. The summed E-state index contributed by atoms with van der Waals surface area (Å²) in [5.41, 5.74) is 4.84. The smallest absolute Gasteiger partial charge is 0.134 e. The van der Waals surface area contributed by atoms with Gasteiger partial charge in [-0.15, -0.1) is 0 Å². The van der Waals surface area contributed by atoms with E-state index in [9.17, 15) is 5.26 Å². The van der Waals surface area contributed by atoms with Crippen LogP contribution in [-0.4, -0.2) is 7.11 Å². The summed E-state index contributed by atoms with van der Waals surface area (Å²) in [6.07, 6.45) is 15.8. The second-order valence-electron chi connectivity index (χ2n) is 5.54. The standard InChI is InChI=1S/C21H23NO/c1-4-5-7-10-16(2)19-13-17(15-22)14-20(21(19)23-3)18-11-8-6-9-12-18/h5,7-8,10-14H,4,6,9H2,1-3H3/b7-5-,16-10+. The fourth-order valence-corrected chi connectivity index (χ4v) is 2.67. The lowest BCUT2D eigenvalue weighted by molar-refractivity contribution is 0.412. The van der Waals surface area contributed by atoms with Gasteiger partial charge in [-0.3, -0.25) is 0 Å². The minimum Gasteiger partial charge on any atom is -0.495 e. The van der Waals surface area contributed by atoms with Gasteiger partial charge in [0.1, 0.15) is 5.75 Å². The summed E-state index contributed by atoms with van der Waals surface area (Å²) in [5.74, 6) is 0.834. The molecule has 2 nitrogen and oxygen atoms in total. The van der Waals surface area contributed by atoms with Crippen molar-refractivity contribution >= 4 is 11.1 Å². The second kappa shape index (κ2) is 8.19. The van der Waals surface area contributed by atoms with E-state index in [1.165, 1.54) is 0 Å². The van der Waals surface area contributed by atoms with E-state index in [0.717, 1.165) is 47.3 Å². The Kier molecular flexibility index (Phi) is 6.00. The van der Waals surface area contributed by atoms with Gasteiger partial charge in [-0.25, -0.2) is 0 Å². The molecular formula is C21H23NO. The number of benzene rings is 1. The van der Waals surface area contributed by atoms with Crippen LogP contribution in [0.15, 0.2) is 48.6 Å². The first-order valence-electron chi connectivity index (χ1n) is 8.04. The van der Waals surface area contributed by atoms with Gasteiger partial charge >= 0.3 is 0 Å². The lowest BCUT2D eigenvalue weighted by atomic mass is 9.92. The van der Waals surface area contributed by atoms with Crippen molar-refractivity contribution in [2.45, 2.75) is 33.1 Å². The zero-order valence-electron chi connectivity index (χ0n) is 14.1. The first kappa shape index (κ1) is 16.8. The minimum absolute atomic E-state index is 0.655. The Hall–Kier alpha value is -2.53. The number of allylic oxidation sites excluding steroid dienone is 8. The number of rotatable bonds is 5. The molecule has 0 atom stereocenters. The van der Waals surface area contributed by atoms with Crippen molar-refractivity contribution in [1.29, 1.82) is 5.26 Å². The van der Waals surface area contributed by atoms with E-state index in [2.05, 4.69) is 43.4 Å². The maximum atomic E-state index is 9.38. The van der Waals surface area contributed by atoms with Crippen LogP contribution >= 0.6 is 0 Å². The Morgan fingerprint density at radius 1 is 1.35 bits per heavy atom. The maximum Gasteiger partial charge on any atom is 0.134 e. The molecule has 2 rings (SSSR count). The van der Waals surface area contributed by atoms with E-state index >= 15 is 0 Å². The molecule has 0 spiro atoms. The molecule has 1 aromatic carbocycles. The number of hydrogen-bond acceptors (Lipinski definition) is 2. The average molecular weight is 305 g/mol. The van der Waals surface area contributed by atoms with Gasteiger partial charge in [0.15, 0.2) is 0 Å². The topological polar surface area (TPSA) is 33.0 Å². The molecule has 0 bridgehead atoms. The number of hydrogen-bond donors (Lipinski definition) is 0. The predicted octanol–water partition coefficient (Wildman–Crippen LogP) is 5.67. The molecule has 0 N–H and O–H groups in total. The Morgan fingerprint density at radius 3 is 2.78 bits per heavy atom. The Bertz CT molecular complexity index is 727. The molecule has 2 heteroatoms. The van der Waals surface area contributed by atoms with Crippen LogP contribution in [0.2, 0.25) is 0 Å². The van der Waals surface area contributed by atoms with Gasteiger partial charge in [0.25, 0.3) is 0 Å². The monoisotopic (exact) mass is 305 g/mol. The van der Waals surface area contributed by atoms with E-state index in [1.807, 2.05) is 25.1 Å². The van der Waals surface area contributed by atoms with E-state index in [4.69, 9.17) is 4.74 Å². The molecule has 0 unspecified atom stereocenters. The van der Waals surface area contributed by atoms with Crippen molar-refractivity contribution in [3.63, 3.8) is 0 Å². The highest BCUT2D eigenvalue weighted by atomic mass is 16.5. The van der Waals surface area contributed by atoms with Crippen LogP contribution in [-0.2, 0) is 0 Å². The van der Waals surface area contributed by atoms with E-state index < -0.39 is 0 Å². The van der Waals surface area contributed by atoms with E-state index in [1.54, 1.807) is 7.11 Å². The molecule has 1 aromatic rings. The fraction of sp³-hybridized carbons (Fsp3) is 0.286. The number of methoxy groups -OCH3 is 1. The molecule has 0 heterocycles. The predicted molar refractivity (Wildman–Crippen MR) is 97.1 cm³/mol. The van der Waals surface area contributed by atoms with Gasteiger partial charge in [0.05, 0.1) is 18.7 Å². The SMILES string of the molecule is CC/C=C\C=C(/C)c1cc(C#N)cc(C2=CCCC=C2)c1OC. The third kappa shape index (κ3) is 4.02. The summed E-state index contributed by atoms with van der Waals surface area (Å²) in [5, 5.41) is 9.38. The van der Waals surface area contributed by atoms with Crippen molar-refractivity contribution < 1.29 is 4.74 Å². The van der Waals surface area contributed by atoms with Gasteiger partial charge in [-0.1, -0.05) is 43.4 Å². The summed E-state index contributed by atoms with van der Waals surface area (Å²) < 4.78 is 5.71. The van der Waals surface area contributed by atoms with Crippen LogP contribution in [0, 0.1) is 11.3 Å². The summed E-state index contributed by atoms with van der Waals surface area (Å²) in [7, 11) is 1.69. The highest BCUT2D eigenvalue weighted by Gasteiger charge is 2.15. The van der Waals surface area contributed by atoms with Crippen molar-refractivity contribution in [2.75, 3.05) is 7.11 Å². The molecule has 0 saturated carbocycles. The number of nitrogens with zero attached hydrogens (tertiary/aromatic N) is 1. The minimum atomic E-state index is 0.655. The van der Waals surface area contributed by atoms with Gasteiger partial charge in [-0.2, -0.15) is 5.26 Å². The first-order valence-corrected chi connectivity index (χ1v) is 8.04. The van der Waals surface area contributed by atoms with Gasteiger partial charge in [-0.05, 0) is 49.5 Å². The largest absolute Gasteiger partial charge is 0.495 e. The third-order valence-corrected chi connectivity index (χ3v) is 3.87. The lowest BCUT2D eigenvalue weighted by Gasteiger charge is -2.17. The molecule has 23 heavy (non-hydrogen) atoms. The van der Waals surface area contributed by atoms with Crippen molar-refractivity contribution in [1.82, 2.24) is 0 Å². The molecule has 118 valence electrons. The van der Waals surface area contributed by atoms with Crippen molar-refractivity contribution in [2.24, 2.45) is 0 Å². The summed E-state index contributed by atoms with van der Waals surface area (Å²) in [6, 6.07) is 6.09. The molecule has 0 amide bonds. The van der Waals surface area contributed by atoms with Crippen molar-refractivity contribution in [3.8, 4) is 11.8 Å². The van der Waals surface area contributed by atoms with E-state index in [-0.39, 0.29) is 0 Å². The zero-order chi connectivity index (χ0) is 16.7. The highest BCUT2D eigenvalue weighted by molar-refractivity contribution is 5.84. The quantitative estimate of drug-likeness (QED) is 0.657. The van der Waals surface area contributed by atoms with Crippen LogP contribution in [0.1, 0.15) is 49.8 Å². The summed E-state index contributed by atoms with van der Waals surface area (Å²) >= 11 is 0.